The van der Waals surface area contributed by atoms with E-state index < -0.39 is 0 Å². The zero-order chi connectivity index (χ0) is 21.8. The summed E-state index contributed by atoms with van der Waals surface area (Å²) in [4.78, 5) is 0. The van der Waals surface area contributed by atoms with Crippen LogP contribution >= 0.6 is 0 Å². The molecule has 0 spiro atoms. The van der Waals surface area contributed by atoms with Crippen molar-refractivity contribution in [1.29, 1.82) is 0 Å². The average Bonchev–Trinajstić information content (AvgIpc) is 3.36. The van der Waals surface area contributed by atoms with Crippen molar-refractivity contribution in [2.75, 3.05) is 0 Å². The van der Waals surface area contributed by atoms with Crippen molar-refractivity contribution in [3.05, 3.63) is 118 Å². The maximum absolute atomic E-state index is 3.46. The van der Waals surface area contributed by atoms with E-state index in [2.05, 4.69) is 112 Å². The van der Waals surface area contributed by atoms with Crippen LogP contribution in [0.1, 0.15) is 36.1 Å². The fraction of sp³-hybridized carbons (Fsp3) is 0.200. The first-order valence-electron chi connectivity index (χ1n) is 11.0. The quantitative estimate of drug-likeness (QED) is 0.219. The van der Waals surface area contributed by atoms with E-state index in [0.29, 0.717) is 0 Å². The summed E-state index contributed by atoms with van der Waals surface area (Å²) in [6.45, 7) is 8.71. The molecule has 0 fully saturated rings. The van der Waals surface area contributed by atoms with Gasteiger partial charge in [-0.3, -0.25) is 0 Å². The first-order chi connectivity index (χ1) is 15.1. The van der Waals surface area contributed by atoms with Gasteiger partial charge in [0.15, 0.2) is 0 Å². The van der Waals surface area contributed by atoms with Gasteiger partial charge in [0, 0.05) is 9.52 Å². The molecule has 0 heterocycles. The summed E-state index contributed by atoms with van der Waals surface area (Å²) in [6, 6.07) is 25.9. The SMILES string of the molecule is CC1=[C-]c2c(ccc3ccccc23)C1.CC1=[C-]c2c(ccc3ccccc23)C1.C[SiH]C.[Cl-].[Cl-].[Zr+4]. The van der Waals surface area contributed by atoms with Crippen molar-refractivity contribution in [3.63, 3.8) is 0 Å². The molecule has 4 aromatic carbocycles. The number of fused-ring (bicyclic) bond motifs is 6. The first kappa shape index (κ1) is 30.6. The Morgan fingerprint density at radius 2 is 0.941 bits per heavy atom. The van der Waals surface area contributed by atoms with Crippen LogP contribution in [0.3, 0.4) is 0 Å². The van der Waals surface area contributed by atoms with Crippen molar-refractivity contribution >= 4 is 31.1 Å². The predicted octanol–water partition coefficient (Wildman–Crippen LogP) is 1.51. The molecule has 0 aliphatic heterocycles. The summed E-state index contributed by atoms with van der Waals surface area (Å²) in [5.74, 6) is 0. The van der Waals surface area contributed by atoms with Crippen LogP contribution in [0.5, 0.6) is 0 Å². The van der Waals surface area contributed by atoms with Crippen LogP contribution < -0.4 is 24.8 Å². The van der Waals surface area contributed by atoms with E-state index in [1.54, 1.807) is 0 Å². The fourth-order valence-corrected chi connectivity index (χ4v) is 4.31. The van der Waals surface area contributed by atoms with E-state index in [0.717, 1.165) is 22.4 Å². The minimum absolute atomic E-state index is 0. The van der Waals surface area contributed by atoms with Gasteiger partial charge in [-0.15, -0.1) is 57.3 Å². The third-order valence-corrected chi connectivity index (χ3v) is 5.62. The minimum atomic E-state index is 0. The minimum Gasteiger partial charge on any atom is -1.00 e. The number of rotatable bonds is 0. The molecule has 0 nitrogen and oxygen atoms in total. The summed E-state index contributed by atoms with van der Waals surface area (Å²) in [7, 11) is 0.750. The molecule has 0 aromatic heterocycles. The van der Waals surface area contributed by atoms with E-state index in [-0.39, 0.29) is 51.0 Å². The Bertz CT molecular complexity index is 1210. The topological polar surface area (TPSA) is 0 Å². The Hall–Kier alpha value is -1.44. The van der Waals surface area contributed by atoms with Gasteiger partial charge in [0.1, 0.15) is 0 Å². The molecular weight excluding hydrogens is 551 g/mol. The molecule has 2 aliphatic carbocycles. The van der Waals surface area contributed by atoms with Crippen LogP contribution in [0.25, 0.3) is 21.5 Å². The van der Waals surface area contributed by atoms with E-state index in [1.165, 1.54) is 54.9 Å². The molecule has 0 amide bonds. The largest absolute Gasteiger partial charge is 4.00 e. The van der Waals surface area contributed by atoms with Crippen LogP contribution in [0, 0.1) is 12.2 Å². The van der Waals surface area contributed by atoms with Gasteiger partial charge in [0.2, 0.25) is 0 Å². The number of benzene rings is 4. The summed E-state index contributed by atoms with van der Waals surface area (Å²) in [6.07, 6.45) is 9.05. The van der Waals surface area contributed by atoms with Gasteiger partial charge >= 0.3 is 26.2 Å². The molecular formula is C30H29Cl2SiZr. The van der Waals surface area contributed by atoms with E-state index in [9.17, 15) is 0 Å². The van der Waals surface area contributed by atoms with Crippen LogP contribution in [-0.4, -0.2) is 9.52 Å². The number of allylic oxidation sites excluding steroid dienone is 2. The Balaban J connectivity index is 0.000000283. The van der Waals surface area contributed by atoms with Gasteiger partial charge < -0.3 is 24.8 Å². The molecule has 171 valence electrons. The first-order valence-corrected chi connectivity index (χ1v) is 13.4. The van der Waals surface area contributed by atoms with Gasteiger partial charge in [-0.05, 0) is 0 Å². The predicted molar refractivity (Wildman–Crippen MR) is 137 cm³/mol. The van der Waals surface area contributed by atoms with Crippen LogP contribution in [0.4, 0.5) is 0 Å². The third kappa shape index (κ3) is 6.82. The summed E-state index contributed by atoms with van der Waals surface area (Å²) in [5, 5.41) is 5.30. The summed E-state index contributed by atoms with van der Waals surface area (Å²) in [5.41, 5.74) is 8.14. The Morgan fingerprint density at radius 1 is 0.588 bits per heavy atom. The average molecular weight is 580 g/mol. The zero-order valence-corrected chi connectivity index (χ0v) is 25.3. The maximum atomic E-state index is 3.46. The van der Waals surface area contributed by atoms with E-state index in [1.807, 2.05) is 0 Å². The Morgan fingerprint density at radius 3 is 1.32 bits per heavy atom. The van der Waals surface area contributed by atoms with Crippen molar-refractivity contribution in [1.82, 2.24) is 0 Å². The standard InChI is InChI=1S/2C14H11.C2H7Si.2ClH.Zr/c2*1-10-8-12-7-6-11-4-2-3-5-13(11)14(12)9-10;1-3-2;;;/h2*2-7H,8H2,1H3;3H,1-2H3;2*1H;/q2*-1;;;;+4/p-2. The normalized spacial score (nSPS) is 12.2. The zero-order valence-electron chi connectivity index (χ0n) is 20.2. The smallest absolute Gasteiger partial charge is 1.00 e. The second-order valence-corrected chi connectivity index (χ2v) is 9.54. The van der Waals surface area contributed by atoms with Crippen LogP contribution in [0.15, 0.2) is 83.9 Å². The van der Waals surface area contributed by atoms with Crippen molar-refractivity contribution in [2.45, 2.75) is 39.8 Å². The maximum Gasteiger partial charge on any atom is 4.00 e. The Kier molecular flexibility index (Phi) is 12.8. The molecule has 0 bridgehead atoms. The molecule has 0 N–H and O–H groups in total. The molecule has 1 radical (unpaired) electrons. The monoisotopic (exact) mass is 577 g/mol. The summed E-state index contributed by atoms with van der Waals surface area (Å²) >= 11 is 0. The number of halogens is 2. The molecule has 4 aromatic rings. The van der Waals surface area contributed by atoms with Gasteiger partial charge in [-0.1, -0.05) is 99.1 Å². The molecule has 0 saturated heterocycles. The van der Waals surface area contributed by atoms with Crippen LogP contribution in [0.2, 0.25) is 13.1 Å². The van der Waals surface area contributed by atoms with E-state index in [4.69, 9.17) is 0 Å². The van der Waals surface area contributed by atoms with Crippen molar-refractivity contribution < 1.29 is 51.0 Å². The fourth-order valence-electron chi connectivity index (χ4n) is 4.31. The molecule has 34 heavy (non-hydrogen) atoms. The second-order valence-electron chi connectivity index (χ2n) is 8.38. The molecule has 0 atom stereocenters. The third-order valence-electron chi connectivity index (χ3n) is 5.62. The molecule has 0 saturated carbocycles. The summed E-state index contributed by atoms with van der Waals surface area (Å²) < 4.78 is 0. The van der Waals surface area contributed by atoms with Gasteiger partial charge in [-0.2, -0.15) is 23.3 Å². The van der Waals surface area contributed by atoms with Gasteiger partial charge in [0.25, 0.3) is 0 Å². The van der Waals surface area contributed by atoms with Crippen molar-refractivity contribution in [2.24, 2.45) is 0 Å². The molecule has 0 unspecified atom stereocenters. The Labute approximate surface area is 238 Å². The van der Waals surface area contributed by atoms with Crippen LogP contribution in [-0.2, 0) is 39.0 Å². The van der Waals surface area contributed by atoms with Gasteiger partial charge in [0.05, 0.1) is 0 Å². The number of hydrogen-bond acceptors (Lipinski definition) is 0. The molecule has 2 aliphatic rings. The van der Waals surface area contributed by atoms with Gasteiger partial charge in [-0.25, -0.2) is 0 Å². The molecule has 4 heteroatoms. The molecule has 6 rings (SSSR count). The number of hydrogen-bond donors (Lipinski definition) is 0. The van der Waals surface area contributed by atoms with Crippen molar-refractivity contribution in [3.8, 4) is 0 Å². The van der Waals surface area contributed by atoms with E-state index >= 15 is 0 Å². The second kappa shape index (κ2) is 14.2.